The van der Waals surface area contributed by atoms with Crippen LogP contribution in [-0.4, -0.2) is 79.5 Å². The first-order valence-electron chi connectivity index (χ1n) is 10.1. The number of aliphatic carboxylic acids is 2. The highest BCUT2D eigenvalue weighted by molar-refractivity contribution is 6.27. The van der Waals surface area contributed by atoms with Gasteiger partial charge in [0.2, 0.25) is 0 Å². The molecule has 0 radical (unpaired) electrons. The van der Waals surface area contributed by atoms with Gasteiger partial charge in [0.1, 0.15) is 5.75 Å². The second kappa shape index (κ2) is 12.5. The molecule has 0 bridgehead atoms. The summed E-state index contributed by atoms with van der Waals surface area (Å²) < 4.78 is 15.9. The molecule has 0 atom stereocenters. The maximum atomic E-state index is 9.10. The van der Waals surface area contributed by atoms with E-state index in [4.69, 9.17) is 34.0 Å². The van der Waals surface area contributed by atoms with E-state index in [1.807, 2.05) is 18.2 Å². The molecule has 0 unspecified atom stereocenters. The minimum atomic E-state index is -1.82. The maximum absolute atomic E-state index is 9.10. The van der Waals surface area contributed by atoms with Gasteiger partial charge in [0.25, 0.3) is 0 Å². The molecular formula is C23H30N2O7. The van der Waals surface area contributed by atoms with Crippen LogP contribution in [0.15, 0.2) is 42.5 Å². The standard InChI is InChI=1S/C21H28N2O3.C2H2O4/c1-24-19-7-4-17(5-8-19)15-22-10-12-23(13-11-22)16-18-6-9-20(25-2)21(14-18)26-3;3-1(4)2(5)6/h4-9,14H,10-13,15-16H2,1-3H3;(H,3,4)(H,5,6). The number of rotatable bonds is 7. The lowest BCUT2D eigenvalue weighted by molar-refractivity contribution is -0.159. The van der Waals surface area contributed by atoms with Crippen LogP contribution in [0, 0.1) is 0 Å². The fourth-order valence-corrected chi connectivity index (χ4v) is 3.33. The lowest BCUT2D eigenvalue weighted by atomic mass is 10.1. The molecule has 2 aromatic carbocycles. The molecule has 1 aliphatic rings. The zero-order valence-corrected chi connectivity index (χ0v) is 18.6. The van der Waals surface area contributed by atoms with Crippen LogP contribution < -0.4 is 14.2 Å². The van der Waals surface area contributed by atoms with E-state index in [-0.39, 0.29) is 0 Å². The molecule has 1 saturated heterocycles. The molecule has 9 heteroatoms. The van der Waals surface area contributed by atoms with Gasteiger partial charge in [-0.05, 0) is 35.4 Å². The molecule has 0 spiro atoms. The molecule has 0 amide bonds. The van der Waals surface area contributed by atoms with Crippen molar-refractivity contribution in [1.29, 1.82) is 0 Å². The first-order chi connectivity index (χ1) is 15.4. The van der Waals surface area contributed by atoms with Crippen LogP contribution in [0.1, 0.15) is 11.1 Å². The normalized spacial score (nSPS) is 14.1. The second-order valence-electron chi connectivity index (χ2n) is 7.20. The number of ether oxygens (including phenoxy) is 3. The number of carbonyl (C=O) groups is 2. The highest BCUT2D eigenvalue weighted by Gasteiger charge is 2.17. The molecule has 3 rings (SSSR count). The van der Waals surface area contributed by atoms with Crippen LogP contribution in [0.4, 0.5) is 0 Å². The molecule has 1 aliphatic heterocycles. The number of carboxylic acids is 2. The van der Waals surface area contributed by atoms with Gasteiger partial charge in [-0.3, -0.25) is 9.80 Å². The van der Waals surface area contributed by atoms with E-state index in [9.17, 15) is 0 Å². The van der Waals surface area contributed by atoms with E-state index < -0.39 is 11.9 Å². The van der Waals surface area contributed by atoms with Gasteiger partial charge in [0.05, 0.1) is 21.3 Å². The predicted molar refractivity (Wildman–Crippen MR) is 118 cm³/mol. The number of hydrogen-bond acceptors (Lipinski definition) is 7. The van der Waals surface area contributed by atoms with E-state index in [0.29, 0.717) is 0 Å². The van der Waals surface area contributed by atoms with E-state index in [1.165, 1.54) is 11.1 Å². The Hall–Kier alpha value is -3.30. The summed E-state index contributed by atoms with van der Waals surface area (Å²) in [7, 11) is 5.05. The molecule has 1 heterocycles. The summed E-state index contributed by atoms with van der Waals surface area (Å²) in [5, 5.41) is 14.8. The van der Waals surface area contributed by atoms with Crippen LogP contribution in [-0.2, 0) is 22.7 Å². The van der Waals surface area contributed by atoms with Gasteiger partial charge in [-0.15, -0.1) is 0 Å². The Balaban J connectivity index is 0.000000534. The summed E-state index contributed by atoms with van der Waals surface area (Å²) in [6, 6.07) is 14.5. The lowest BCUT2D eigenvalue weighted by Crippen LogP contribution is -2.45. The summed E-state index contributed by atoms with van der Waals surface area (Å²) in [4.78, 5) is 23.2. The number of benzene rings is 2. The zero-order valence-electron chi connectivity index (χ0n) is 18.6. The summed E-state index contributed by atoms with van der Waals surface area (Å²) >= 11 is 0. The summed E-state index contributed by atoms with van der Waals surface area (Å²) in [5.41, 5.74) is 2.59. The molecule has 2 aromatic rings. The third-order valence-corrected chi connectivity index (χ3v) is 5.07. The summed E-state index contributed by atoms with van der Waals surface area (Å²) in [6.45, 7) is 6.25. The van der Waals surface area contributed by atoms with Crippen LogP contribution in [0.2, 0.25) is 0 Å². The molecule has 1 fully saturated rings. The third-order valence-electron chi connectivity index (χ3n) is 5.07. The predicted octanol–water partition coefficient (Wildman–Crippen LogP) is 2.19. The molecule has 0 aromatic heterocycles. The lowest BCUT2D eigenvalue weighted by Gasteiger charge is -2.34. The van der Waals surface area contributed by atoms with Crippen LogP contribution in [0.3, 0.4) is 0 Å². The van der Waals surface area contributed by atoms with Gasteiger partial charge in [-0.1, -0.05) is 18.2 Å². The summed E-state index contributed by atoms with van der Waals surface area (Å²) in [5.74, 6) is -1.16. The first kappa shape index (κ1) is 25.0. The van der Waals surface area contributed by atoms with Gasteiger partial charge in [0, 0.05) is 39.3 Å². The number of nitrogens with zero attached hydrogens (tertiary/aromatic N) is 2. The molecule has 32 heavy (non-hydrogen) atoms. The van der Waals surface area contributed by atoms with E-state index in [1.54, 1.807) is 21.3 Å². The van der Waals surface area contributed by atoms with Crippen molar-refractivity contribution >= 4 is 11.9 Å². The number of hydrogen-bond donors (Lipinski definition) is 2. The minimum absolute atomic E-state index is 0.778. The van der Waals surface area contributed by atoms with Crippen LogP contribution in [0.5, 0.6) is 17.2 Å². The quantitative estimate of drug-likeness (QED) is 0.619. The Bertz CT molecular complexity index is 866. The van der Waals surface area contributed by atoms with Crippen molar-refractivity contribution in [2.24, 2.45) is 0 Å². The third kappa shape index (κ3) is 7.75. The first-order valence-corrected chi connectivity index (χ1v) is 10.1. The monoisotopic (exact) mass is 446 g/mol. The second-order valence-corrected chi connectivity index (χ2v) is 7.20. The molecule has 9 nitrogen and oxygen atoms in total. The zero-order chi connectivity index (χ0) is 23.5. The van der Waals surface area contributed by atoms with Crippen molar-refractivity contribution in [1.82, 2.24) is 9.80 Å². The van der Waals surface area contributed by atoms with Gasteiger partial charge >= 0.3 is 11.9 Å². The number of methoxy groups -OCH3 is 3. The van der Waals surface area contributed by atoms with Crippen molar-refractivity contribution in [3.8, 4) is 17.2 Å². The Morgan fingerprint density at radius 2 is 1.19 bits per heavy atom. The average molecular weight is 447 g/mol. The Morgan fingerprint density at radius 3 is 1.62 bits per heavy atom. The highest BCUT2D eigenvalue weighted by atomic mass is 16.5. The Morgan fingerprint density at radius 1 is 0.719 bits per heavy atom. The largest absolute Gasteiger partial charge is 0.497 e. The fraction of sp³-hybridized carbons (Fsp3) is 0.391. The van der Waals surface area contributed by atoms with Gasteiger partial charge in [-0.25, -0.2) is 9.59 Å². The van der Waals surface area contributed by atoms with Gasteiger partial charge in [0.15, 0.2) is 11.5 Å². The van der Waals surface area contributed by atoms with Crippen molar-refractivity contribution in [3.63, 3.8) is 0 Å². The van der Waals surface area contributed by atoms with Gasteiger partial charge < -0.3 is 24.4 Å². The Kier molecular flexibility index (Phi) is 9.77. The van der Waals surface area contributed by atoms with E-state index in [0.717, 1.165) is 56.5 Å². The van der Waals surface area contributed by atoms with Crippen molar-refractivity contribution < 1.29 is 34.0 Å². The molecular weight excluding hydrogens is 416 g/mol. The van der Waals surface area contributed by atoms with Crippen LogP contribution in [0.25, 0.3) is 0 Å². The fourth-order valence-electron chi connectivity index (χ4n) is 3.33. The van der Waals surface area contributed by atoms with Crippen molar-refractivity contribution in [2.75, 3.05) is 47.5 Å². The van der Waals surface area contributed by atoms with E-state index >= 15 is 0 Å². The van der Waals surface area contributed by atoms with Gasteiger partial charge in [-0.2, -0.15) is 0 Å². The minimum Gasteiger partial charge on any atom is -0.497 e. The smallest absolute Gasteiger partial charge is 0.414 e. The number of carboxylic acid groups (broad SMARTS) is 2. The van der Waals surface area contributed by atoms with E-state index in [2.05, 4.69) is 34.1 Å². The van der Waals surface area contributed by atoms with Crippen LogP contribution >= 0.6 is 0 Å². The molecule has 0 aliphatic carbocycles. The number of piperazine rings is 1. The highest BCUT2D eigenvalue weighted by Crippen LogP contribution is 2.28. The maximum Gasteiger partial charge on any atom is 0.414 e. The molecule has 2 N–H and O–H groups in total. The molecule has 174 valence electrons. The Labute approximate surface area is 187 Å². The summed E-state index contributed by atoms with van der Waals surface area (Å²) in [6.07, 6.45) is 0. The van der Waals surface area contributed by atoms with Crippen molar-refractivity contribution in [2.45, 2.75) is 13.1 Å². The van der Waals surface area contributed by atoms with Crippen molar-refractivity contribution in [3.05, 3.63) is 53.6 Å². The molecule has 0 saturated carbocycles. The SMILES string of the molecule is COc1ccc(CN2CCN(Cc3ccc(OC)c(OC)c3)CC2)cc1.O=C(O)C(=O)O. The average Bonchev–Trinajstić information content (AvgIpc) is 2.81. The topological polar surface area (TPSA) is 109 Å².